The van der Waals surface area contributed by atoms with Crippen LogP contribution in [0.15, 0.2) is 23.8 Å². The molecule has 0 atom stereocenters. The standard InChI is InChI=1S/C11H16O/c1-10-6-2-4-8-11(12)9-5-3-7-10/h4,7-8H,2-3,5-6,9H2,1H3/b8-4+,10-7-. The highest BCUT2D eigenvalue weighted by Gasteiger charge is 1.97. The van der Waals surface area contributed by atoms with Crippen LogP contribution >= 0.6 is 0 Å². The molecular formula is C11H16O. The number of carbonyl (C=O) groups is 1. The van der Waals surface area contributed by atoms with Crippen molar-refractivity contribution in [2.45, 2.75) is 39.0 Å². The van der Waals surface area contributed by atoms with Gasteiger partial charge in [-0.1, -0.05) is 17.7 Å². The van der Waals surface area contributed by atoms with Crippen molar-refractivity contribution in [3.8, 4) is 0 Å². The zero-order chi connectivity index (χ0) is 8.81. The zero-order valence-electron chi connectivity index (χ0n) is 7.68. The van der Waals surface area contributed by atoms with Crippen LogP contribution in [0.4, 0.5) is 0 Å². The lowest BCUT2D eigenvalue weighted by Crippen LogP contribution is -1.93. The Kier molecular flexibility index (Phi) is 3.78. The van der Waals surface area contributed by atoms with Crippen molar-refractivity contribution in [3.63, 3.8) is 0 Å². The maximum atomic E-state index is 11.1. The van der Waals surface area contributed by atoms with Crippen molar-refractivity contribution in [3.05, 3.63) is 23.8 Å². The van der Waals surface area contributed by atoms with E-state index in [1.807, 2.05) is 6.08 Å². The summed E-state index contributed by atoms with van der Waals surface area (Å²) in [5.41, 5.74) is 1.45. The summed E-state index contributed by atoms with van der Waals surface area (Å²) in [5, 5.41) is 0. The first-order valence-electron chi connectivity index (χ1n) is 4.64. The molecule has 0 aromatic rings. The van der Waals surface area contributed by atoms with Gasteiger partial charge >= 0.3 is 0 Å². The van der Waals surface area contributed by atoms with E-state index >= 15 is 0 Å². The fourth-order valence-electron chi connectivity index (χ4n) is 1.34. The maximum absolute atomic E-state index is 11.1. The van der Waals surface area contributed by atoms with Gasteiger partial charge in [-0.25, -0.2) is 0 Å². The summed E-state index contributed by atoms with van der Waals surface area (Å²) in [4.78, 5) is 11.1. The second kappa shape index (κ2) is 4.91. The van der Waals surface area contributed by atoms with Crippen LogP contribution in [0.3, 0.4) is 0 Å². The molecule has 1 heteroatoms. The predicted octanol–water partition coefficient (Wildman–Crippen LogP) is 3.02. The Hall–Kier alpha value is -0.850. The molecule has 0 aliphatic heterocycles. The first kappa shape index (κ1) is 9.24. The van der Waals surface area contributed by atoms with Crippen LogP contribution in [0.5, 0.6) is 0 Å². The summed E-state index contributed by atoms with van der Waals surface area (Å²) in [5.74, 6) is 0.281. The van der Waals surface area contributed by atoms with Crippen LogP contribution in [0.25, 0.3) is 0 Å². The van der Waals surface area contributed by atoms with Crippen LogP contribution in [0.2, 0.25) is 0 Å². The average molecular weight is 164 g/mol. The highest BCUT2D eigenvalue weighted by atomic mass is 16.1. The SMILES string of the molecule is C/C1=C/CCCC(=O)/C=C/CC1. The average Bonchev–Trinajstić information content (AvgIpc) is 2.06. The van der Waals surface area contributed by atoms with Gasteiger partial charge in [0.05, 0.1) is 0 Å². The molecule has 0 bridgehead atoms. The summed E-state index contributed by atoms with van der Waals surface area (Å²) in [7, 11) is 0. The number of hydrogen-bond donors (Lipinski definition) is 0. The minimum absolute atomic E-state index is 0.281. The van der Waals surface area contributed by atoms with Crippen LogP contribution in [0, 0.1) is 0 Å². The van der Waals surface area contributed by atoms with Gasteiger partial charge in [-0.05, 0) is 38.7 Å². The van der Waals surface area contributed by atoms with Crippen LogP contribution in [0.1, 0.15) is 39.0 Å². The second-order valence-corrected chi connectivity index (χ2v) is 3.35. The van der Waals surface area contributed by atoms with Crippen molar-refractivity contribution in [1.82, 2.24) is 0 Å². The molecule has 0 fully saturated rings. The number of carbonyl (C=O) groups excluding carboxylic acids is 1. The second-order valence-electron chi connectivity index (χ2n) is 3.35. The van der Waals surface area contributed by atoms with E-state index in [0.717, 1.165) is 25.7 Å². The molecular weight excluding hydrogens is 148 g/mol. The molecule has 0 amide bonds. The zero-order valence-corrected chi connectivity index (χ0v) is 7.68. The molecule has 1 rings (SSSR count). The number of ketones is 1. The Morgan fingerprint density at radius 2 is 2.08 bits per heavy atom. The van der Waals surface area contributed by atoms with E-state index in [9.17, 15) is 4.79 Å². The van der Waals surface area contributed by atoms with Crippen LogP contribution in [-0.2, 0) is 4.79 Å². The molecule has 1 aliphatic rings. The molecule has 0 heterocycles. The first-order valence-corrected chi connectivity index (χ1v) is 4.64. The molecule has 0 saturated carbocycles. The summed E-state index contributed by atoms with van der Waals surface area (Å²) in [6, 6.07) is 0. The molecule has 0 aromatic carbocycles. The fourth-order valence-corrected chi connectivity index (χ4v) is 1.34. The lowest BCUT2D eigenvalue weighted by molar-refractivity contribution is -0.114. The van der Waals surface area contributed by atoms with Crippen molar-refractivity contribution in [2.75, 3.05) is 0 Å². The van der Waals surface area contributed by atoms with Gasteiger partial charge in [-0.2, -0.15) is 0 Å². The molecule has 0 unspecified atom stereocenters. The molecule has 1 nitrogen and oxygen atoms in total. The third-order valence-electron chi connectivity index (χ3n) is 2.13. The van der Waals surface area contributed by atoms with Crippen molar-refractivity contribution < 1.29 is 4.79 Å². The van der Waals surface area contributed by atoms with Gasteiger partial charge in [-0.15, -0.1) is 0 Å². The van der Waals surface area contributed by atoms with Gasteiger partial charge in [0.1, 0.15) is 0 Å². The molecule has 0 saturated heterocycles. The maximum Gasteiger partial charge on any atom is 0.155 e. The summed E-state index contributed by atoms with van der Waals surface area (Å²) >= 11 is 0. The third kappa shape index (κ3) is 3.51. The van der Waals surface area contributed by atoms with Crippen molar-refractivity contribution >= 4 is 5.78 Å². The van der Waals surface area contributed by atoms with Crippen molar-refractivity contribution in [2.24, 2.45) is 0 Å². The fraction of sp³-hybridized carbons (Fsp3) is 0.545. The van der Waals surface area contributed by atoms with E-state index in [4.69, 9.17) is 0 Å². The molecule has 0 aromatic heterocycles. The summed E-state index contributed by atoms with van der Waals surface area (Å²) in [6.07, 6.45) is 10.9. The summed E-state index contributed by atoms with van der Waals surface area (Å²) < 4.78 is 0. The van der Waals surface area contributed by atoms with Gasteiger partial charge in [0.25, 0.3) is 0 Å². The normalized spacial score (nSPS) is 27.4. The summed E-state index contributed by atoms with van der Waals surface area (Å²) in [6.45, 7) is 2.16. The van der Waals surface area contributed by atoms with E-state index in [1.54, 1.807) is 6.08 Å². The monoisotopic (exact) mass is 164 g/mol. The van der Waals surface area contributed by atoms with Gasteiger partial charge in [-0.3, -0.25) is 4.79 Å². The molecule has 0 spiro atoms. The van der Waals surface area contributed by atoms with Gasteiger partial charge in [0, 0.05) is 6.42 Å². The number of allylic oxidation sites excluding steroid dienone is 4. The lowest BCUT2D eigenvalue weighted by Gasteiger charge is -2.01. The lowest BCUT2D eigenvalue weighted by atomic mass is 10.1. The van der Waals surface area contributed by atoms with E-state index < -0.39 is 0 Å². The van der Waals surface area contributed by atoms with E-state index in [0.29, 0.717) is 6.42 Å². The largest absolute Gasteiger partial charge is 0.295 e. The van der Waals surface area contributed by atoms with E-state index in [-0.39, 0.29) is 5.78 Å². The molecule has 12 heavy (non-hydrogen) atoms. The topological polar surface area (TPSA) is 17.1 Å². The Balaban J connectivity index is 2.49. The van der Waals surface area contributed by atoms with Gasteiger partial charge in [0.15, 0.2) is 5.78 Å². The Morgan fingerprint density at radius 3 is 2.92 bits per heavy atom. The third-order valence-corrected chi connectivity index (χ3v) is 2.13. The minimum Gasteiger partial charge on any atom is -0.295 e. The smallest absolute Gasteiger partial charge is 0.155 e. The highest BCUT2D eigenvalue weighted by molar-refractivity contribution is 5.89. The van der Waals surface area contributed by atoms with Crippen molar-refractivity contribution in [1.29, 1.82) is 0 Å². The van der Waals surface area contributed by atoms with E-state index in [2.05, 4.69) is 13.0 Å². The van der Waals surface area contributed by atoms with Crippen LogP contribution in [-0.4, -0.2) is 5.78 Å². The molecule has 0 radical (unpaired) electrons. The number of hydrogen-bond acceptors (Lipinski definition) is 1. The van der Waals surface area contributed by atoms with Crippen LogP contribution < -0.4 is 0 Å². The van der Waals surface area contributed by atoms with E-state index in [1.165, 1.54) is 5.57 Å². The van der Waals surface area contributed by atoms with Gasteiger partial charge < -0.3 is 0 Å². The Morgan fingerprint density at radius 1 is 1.25 bits per heavy atom. The predicted molar refractivity (Wildman–Crippen MR) is 51.0 cm³/mol. The number of rotatable bonds is 0. The molecule has 0 N–H and O–H groups in total. The minimum atomic E-state index is 0.281. The first-order chi connectivity index (χ1) is 5.79. The Bertz CT molecular complexity index is 211. The van der Waals surface area contributed by atoms with Gasteiger partial charge in [0.2, 0.25) is 0 Å². The Labute approximate surface area is 74.2 Å². The highest BCUT2D eigenvalue weighted by Crippen LogP contribution is 2.10. The molecule has 1 aliphatic carbocycles. The quantitative estimate of drug-likeness (QED) is 0.503. The molecule has 66 valence electrons.